The van der Waals surface area contributed by atoms with Crippen LogP contribution in [0.1, 0.15) is 18.7 Å². The highest BCUT2D eigenvalue weighted by Gasteiger charge is 2.41. The number of aromatic nitrogens is 2. The van der Waals surface area contributed by atoms with Gasteiger partial charge in [-0.15, -0.1) is 0 Å². The lowest BCUT2D eigenvalue weighted by atomic mass is 9.93. The van der Waals surface area contributed by atoms with E-state index in [1.807, 2.05) is 6.92 Å². The number of hydrogen-bond acceptors (Lipinski definition) is 5. The molecule has 15 heavy (non-hydrogen) atoms. The zero-order chi connectivity index (χ0) is 10.4. The first-order valence-electron chi connectivity index (χ1n) is 5.55. The Kier molecular flexibility index (Phi) is 1.95. The highest BCUT2D eigenvalue weighted by Crippen LogP contribution is 2.36. The second-order valence-corrected chi connectivity index (χ2v) is 4.70. The molecule has 1 aliphatic carbocycles. The van der Waals surface area contributed by atoms with E-state index >= 15 is 0 Å². The molecule has 3 rings (SSSR count). The van der Waals surface area contributed by atoms with Crippen LogP contribution in [0.3, 0.4) is 0 Å². The van der Waals surface area contributed by atoms with Crippen molar-refractivity contribution in [2.45, 2.75) is 25.8 Å². The van der Waals surface area contributed by atoms with Gasteiger partial charge < -0.3 is 15.2 Å². The average Bonchev–Trinajstić information content (AvgIpc) is 2.70. The van der Waals surface area contributed by atoms with Crippen LogP contribution >= 0.6 is 0 Å². The third-order valence-electron chi connectivity index (χ3n) is 3.69. The summed E-state index contributed by atoms with van der Waals surface area (Å²) >= 11 is 0. The average molecular weight is 208 g/mol. The van der Waals surface area contributed by atoms with Crippen LogP contribution in [0.25, 0.3) is 0 Å². The maximum atomic E-state index is 6.14. The largest absolute Gasteiger partial charge is 0.327 e. The van der Waals surface area contributed by atoms with Crippen LogP contribution in [0.2, 0.25) is 0 Å². The predicted molar refractivity (Wildman–Crippen MR) is 55.4 cm³/mol. The van der Waals surface area contributed by atoms with Gasteiger partial charge in [-0.1, -0.05) is 5.16 Å². The van der Waals surface area contributed by atoms with Crippen LogP contribution < -0.4 is 10.6 Å². The quantitative estimate of drug-likeness (QED) is 0.730. The summed E-state index contributed by atoms with van der Waals surface area (Å²) in [4.78, 5) is 6.45. The van der Waals surface area contributed by atoms with Crippen molar-refractivity contribution in [2.75, 3.05) is 18.0 Å². The van der Waals surface area contributed by atoms with E-state index in [4.69, 9.17) is 10.3 Å². The van der Waals surface area contributed by atoms with E-state index in [1.165, 1.54) is 12.8 Å². The van der Waals surface area contributed by atoms with Crippen LogP contribution in [-0.4, -0.2) is 29.3 Å². The van der Waals surface area contributed by atoms with Crippen LogP contribution in [0, 0.1) is 18.8 Å². The molecular formula is C10H16N4O. The van der Waals surface area contributed by atoms with Gasteiger partial charge in [0, 0.05) is 19.1 Å². The van der Waals surface area contributed by atoms with Gasteiger partial charge in [-0.2, -0.15) is 4.98 Å². The third kappa shape index (κ3) is 1.42. The lowest BCUT2D eigenvalue weighted by Gasteiger charge is -2.34. The van der Waals surface area contributed by atoms with E-state index < -0.39 is 0 Å². The maximum absolute atomic E-state index is 6.14. The summed E-state index contributed by atoms with van der Waals surface area (Å²) in [6.45, 7) is 3.79. The van der Waals surface area contributed by atoms with Gasteiger partial charge in [0.25, 0.3) is 0 Å². The number of fused-ring (bicyclic) bond motifs is 2. The summed E-state index contributed by atoms with van der Waals surface area (Å²) in [7, 11) is 0. The monoisotopic (exact) mass is 208 g/mol. The summed E-state index contributed by atoms with van der Waals surface area (Å²) in [5.41, 5.74) is 6.14. The molecule has 2 N–H and O–H groups in total. The Bertz CT molecular complexity index is 350. The molecule has 2 fully saturated rings. The molecule has 3 atom stereocenters. The lowest BCUT2D eigenvalue weighted by molar-refractivity contribution is 0.327. The fourth-order valence-corrected chi connectivity index (χ4v) is 2.84. The van der Waals surface area contributed by atoms with Gasteiger partial charge in [0.2, 0.25) is 0 Å². The van der Waals surface area contributed by atoms with Gasteiger partial charge in [0.1, 0.15) is 0 Å². The van der Waals surface area contributed by atoms with Gasteiger partial charge in [-0.05, 0) is 31.6 Å². The number of piperidine rings is 1. The van der Waals surface area contributed by atoms with Crippen molar-refractivity contribution in [2.24, 2.45) is 17.6 Å². The fourth-order valence-electron chi connectivity index (χ4n) is 2.84. The molecule has 1 saturated heterocycles. The molecule has 2 bridgehead atoms. The summed E-state index contributed by atoms with van der Waals surface area (Å²) in [6, 6.07) is 1.04. The van der Waals surface area contributed by atoms with E-state index in [2.05, 4.69) is 15.0 Å². The zero-order valence-corrected chi connectivity index (χ0v) is 8.89. The minimum atomic E-state index is 0.380. The predicted octanol–water partition coefficient (Wildman–Crippen LogP) is 0.552. The highest BCUT2D eigenvalue weighted by atomic mass is 16.5. The van der Waals surface area contributed by atoms with Crippen molar-refractivity contribution < 1.29 is 4.52 Å². The van der Waals surface area contributed by atoms with Gasteiger partial charge in [-0.3, -0.25) is 0 Å². The van der Waals surface area contributed by atoms with Crippen molar-refractivity contribution in [1.82, 2.24) is 10.1 Å². The molecule has 1 aromatic heterocycles. The Morgan fingerprint density at radius 3 is 2.53 bits per heavy atom. The van der Waals surface area contributed by atoms with Gasteiger partial charge in [-0.25, -0.2) is 0 Å². The molecular weight excluding hydrogens is 192 g/mol. The molecule has 2 heterocycles. The van der Waals surface area contributed by atoms with Crippen LogP contribution in [-0.2, 0) is 0 Å². The van der Waals surface area contributed by atoms with Crippen LogP contribution in [0.15, 0.2) is 4.52 Å². The van der Waals surface area contributed by atoms with Crippen molar-refractivity contribution in [3.63, 3.8) is 0 Å². The smallest absolute Gasteiger partial charge is 0.324 e. The number of nitrogens with two attached hydrogens (primary N) is 1. The Morgan fingerprint density at radius 1 is 1.33 bits per heavy atom. The number of nitrogens with zero attached hydrogens (tertiary/aromatic N) is 3. The number of rotatable bonds is 1. The molecule has 5 nitrogen and oxygen atoms in total. The van der Waals surface area contributed by atoms with E-state index in [1.54, 1.807) is 0 Å². The van der Waals surface area contributed by atoms with E-state index in [0.29, 0.717) is 29.7 Å². The third-order valence-corrected chi connectivity index (χ3v) is 3.69. The van der Waals surface area contributed by atoms with Crippen molar-refractivity contribution in [1.29, 1.82) is 0 Å². The molecule has 82 valence electrons. The molecule has 1 aromatic rings. The molecule has 0 radical (unpaired) electrons. The molecule has 0 spiro atoms. The maximum Gasteiger partial charge on any atom is 0.324 e. The summed E-state index contributed by atoms with van der Waals surface area (Å²) < 4.78 is 5.19. The summed E-state index contributed by atoms with van der Waals surface area (Å²) in [5.74, 6) is 1.92. The normalized spacial score (nSPS) is 34.8. The van der Waals surface area contributed by atoms with Gasteiger partial charge in [0.05, 0.1) is 0 Å². The summed E-state index contributed by atoms with van der Waals surface area (Å²) in [6.07, 6.45) is 2.49. The number of hydrogen-bond donors (Lipinski definition) is 1. The first kappa shape index (κ1) is 9.15. The van der Waals surface area contributed by atoms with Gasteiger partial charge in [0.15, 0.2) is 5.82 Å². The molecule has 2 aliphatic rings. The van der Waals surface area contributed by atoms with Gasteiger partial charge >= 0.3 is 6.01 Å². The SMILES string of the molecule is Cc1noc(N2C[C@H]3CC[C@@H](C2)C3N)n1. The Morgan fingerprint density at radius 2 is 2.00 bits per heavy atom. The Labute approximate surface area is 88.6 Å². The van der Waals surface area contributed by atoms with Crippen LogP contribution in [0.5, 0.6) is 0 Å². The first-order chi connectivity index (χ1) is 7.24. The minimum Gasteiger partial charge on any atom is -0.327 e. The minimum absolute atomic E-state index is 0.380. The van der Waals surface area contributed by atoms with E-state index in [-0.39, 0.29) is 0 Å². The van der Waals surface area contributed by atoms with Crippen LogP contribution in [0.4, 0.5) is 6.01 Å². The Hall–Kier alpha value is -1.10. The van der Waals surface area contributed by atoms with Crippen molar-refractivity contribution >= 4 is 6.01 Å². The first-order valence-corrected chi connectivity index (χ1v) is 5.55. The molecule has 1 unspecified atom stereocenters. The second kappa shape index (κ2) is 3.20. The lowest BCUT2D eigenvalue weighted by Crippen LogP contribution is -2.48. The Balaban J connectivity index is 1.80. The second-order valence-electron chi connectivity index (χ2n) is 4.70. The fraction of sp³-hybridized carbons (Fsp3) is 0.800. The standard InChI is InChI=1S/C10H16N4O/c1-6-12-10(15-13-6)14-4-7-2-3-8(5-14)9(7)11/h7-9H,2-5,11H2,1H3/t7-,8+,9?. The van der Waals surface area contributed by atoms with Crippen molar-refractivity contribution in [3.05, 3.63) is 5.82 Å². The molecule has 1 saturated carbocycles. The number of anilines is 1. The molecule has 0 amide bonds. The number of aryl methyl sites for hydroxylation is 1. The van der Waals surface area contributed by atoms with Crippen molar-refractivity contribution in [3.8, 4) is 0 Å². The van der Waals surface area contributed by atoms with E-state index in [9.17, 15) is 0 Å². The van der Waals surface area contributed by atoms with E-state index in [0.717, 1.165) is 13.1 Å². The topological polar surface area (TPSA) is 68.2 Å². The molecule has 5 heteroatoms. The summed E-state index contributed by atoms with van der Waals surface area (Å²) in [5, 5.41) is 3.82. The zero-order valence-electron chi connectivity index (χ0n) is 8.89. The molecule has 0 aromatic carbocycles. The highest BCUT2D eigenvalue weighted by molar-refractivity contribution is 5.28. The molecule has 1 aliphatic heterocycles.